The molecule has 3 aromatic heterocycles. The Kier molecular flexibility index (Phi) is 5.65. The van der Waals surface area contributed by atoms with Crippen LogP contribution < -0.4 is 4.90 Å². The number of halogens is 1. The SMILES string of the molecule is C[C@@H]1CN(c2ccc(C#N)n3ncc(F)c23)Cc2c3c(nn21)CN(CC(=O)N1CCOCC1)[C@@H](C)C3. The molecule has 0 spiro atoms. The Morgan fingerprint density at radius 3 is 2.81 bits per heavy atom. The van der Waals surface area contributed by atoms with Crippen LogP contribution in [0, 0.1) is 17.1 Å². The molecule has 0 saturated carbocycles. The minimum atomic E-state index is -0.440. The molecule has 3 aliphatic heterocycles. The van der Waals surface area contributed by atoms with Gasteiger partial charge in [0, 0.05) is 37.8 Å². The smallest absolute Gasteiger partial charge is 0.236 e. The number of fused-ring (bicyclic) bond motifs is 4. The molecule has 36 heavy (non-hydrogen) atoms. The molecule has 0 N–H and O–H groups in total. The van der Waals surface area contributed by atoms with Gasteiger partial charge in [-0.1, -0.05) is 0 Å². The van der Waals surface area contributed by atoms with Crippen molar-refractivity contribution in [3.63, 3.8) is 0 Å². The van der Waals surface area contributed by atoms with Crippen molar-refractivity contribution in [3.05, 3.63) is 46.8 Å². The van der Waals surface area contributed by atoms with Crippen molar-refractivity contribution in [1.82, 2.24) is 29.2 Å². The molecular formula is C25H29FN8O2. The lowest BCUT2D eigenvalue weighted by Crippen LogP contribution is -2.49. The molecule has 6 rings (SSSR count). The number of carbonyl (C=O) groups excluding carboxylic acids is 1. The second-order valence-electron chi connectivity index (χ2n) is 9.97. The molecule has 10 nitrogen and oxygen atoms in total. The number of ether oxygens (including phenoxy) is 1. The molecule has 2 atom stereocenters. The maximum atomic E-state index is 14.7. The highest BCUT2D eigenvalue weighted by atomic mass is 19.1. The molecule has 1 fully saturated rings. The summed E-state index contributed by atoms with van der Waals surface area (Å²) in [7, 11) is 0. The lowest BCUT2D eigenvalue weighted by Gasteiger charge is -2.36. The quantitative estimate of drug-likeness (QED) is 0.550. The van der Waals surface area contributed by atoms with E-state index in [1.807, 2.05) is 11.0 Å². The summed E-state index contributed by atoms with van der Waals surface area (Å²) in [4.78, 5) is 19.1. The second-order valence-corrected chi connectivity index (χ2v) is 9.97. The van der Waals surface area contributed by atoms with Crippen molar-refractivity contribution < 1.29 is 13.9 Å². The molecule has 0 radical (unpaired) electrons. The van der Waals surface area contributed by atoms with Crippen LogP contribution in [0.2, 0.25) is 0 Å². The van der Waals surface area contributed by atoms with Crippen LogP contribution >= 0.6 is 0 Å². The lowest BCUT2D eigenvalue weighted by atomic mass is 9.97. The van der Waals surface area contributed by atoms with E-state index >= 15 is 0 Å². The van der Waals surface area contributed by atoms with E-state index in [4.69, 9.17) is 9.84 Å². The van der Waals surface area contributed by atoms with Crippen LogP contribution in [0.3, 0.4) is 0 Å². The van der Waals surface area contributed by atoms with E-state index in [1.54, 1.807) is 6.07 Å². The largest absolute Gasteiger partial charge is 0.378 e. The number of rotatable bonds is 3. The van der Waals surface area contributed by atoms with E-state index in [-0.39, 0.29) is 18.0 Å². The van der Waals surface area contributed by atoms with Gasteiger partial charge in [0.1, 0.15) is 17.3 Å². The van der Waals surface area contributed by atoms with Crippen LogP contribution in [0.5, 0.6) is 0 Å². The van der Waals surface area contributed by atoms with Crippen molar-refractivity contribution in [2.24, 2.45) is 0 Å². The maximum absolute atomic E-state index is 14.7. The number of aromatic nitrogens is 4. The van der Waals surface area contributed by atoms with Crippen LogP contribution in [0.25, 0.3) is 5.52 Å². The zero-order valence-corrected chi connectivity index (χ0v) is 20.5. The predicted octanol–water partition coefficient (Wildman–Crippen LogP) is 1.73. The zero-order chi connectivity index (χ0) is 25.0. The van der Waals surface area contributed by atoms with Crippen LogP contribution in [0.1, 0.15) is 42.5 Å². The summed E-state index contributed by atoms with van der Waals surface area (Å²) in [6.07, 6.45) is 1.97. The van der Waals surface area contributed by atoms with E-state index in [9.17, 15) is 14.4 Å². The van der Waals surface area contributed by atoms with Crippen molar-refractivity contribution in [2.45, 2.75) is 45.4 Å². The van der Waals surface area contributed by atoms with Gasteiger partial charge < -0.3 is 14.5 Å². The Labute approximate surface area is 208 Å². The van der Waals surface area contributed by atoms with Gasteiger partial charge in [-0.3, -0.25) is 14.4 Å². The van der Waals surface area contributed by atoms with Gasteiger partial charge in [0.2, 0.25) is 5.91 Å². The first kappa shape index (κ1) is 22.9. The summed E-state index contributed by atoms with van der Waals surface area (Å²) < 4.78 is 23.6. The van der Waals surface area contributed by atoms with E-state index in [1.165, 1.54) is 10.1 Å². The predicted molar refractivity (Wildman–Crippen MR) is 129 cm³/mol. The van der Waals surface area contributed by atoms with E-state index in [0.29, 0.717) is 63.7 Å². The minimum absolute atomic E-state index is 0.0831. The van der Waals surface area contributed by atoms with E-state index in [0.717, 1.165) is 29.7 Å². The highest BCUT2D eigenvalue weighted by molar-refractivity contribution is 5.78. The van der Waals surface area contributed by atoms with Crippen LogP contribution in [-0.4, -0.2) is 80.5 Å². The first-order valence-corrected chi connectivity index (χ1v) is 12.4. The number of nitriles is 1. The summed E-state index contributed by atoms with van der Waals surface area (Å²) >= 11 is 0. The summed E-state index contributed by atoms with van der Waals surface area (Å²) in [6.45, 7) is 9.06. The van der Waals surface area contributed by atoms with Gasteiger partial charge in [-0.2, -0.15) is 15.5 Å². The normalized spacial score (nSPS) is 22.4. The maximum Gasteiger partial charge on any atom is 0.236 e. The number of morpholine rings is 1. The summed E-state index contributed by atoms with van der Waals surface area (Å²) in [5, 5.41) is 18.5. The molecule has 3 aliphatic rings. The molecular weight excluding hydrogens is 463 g/mol. The van der Waals surface area contributed by atoms with Gasteiger partial charge in [0.05, 0.1) is 55.6 Å². The van der Waals surface area contributed by atoms with Crippen molar-refractivity contribution in [2.75, 3.05) is 44.3 Å². The fourth-order valence-electron chi connectivity index (χ4n) is 5.74. The number of hydrogen-bond acceptors (Lipinski definition) is 7. The molecule has 6 heterocycles. The lowest BCUT2D eigenvalue weighted by molar-refractivity contribution is -0.137. The van der Waals surface area contributed by atoms with Gasteiger partial charge in [0.15, 0.2) is 5.82 Å². The fourth-order valence-corrected chi connectivity index (χ4v) is 5.74. The average Bonchev–Trinajstić information content (AvgIpc) is 3.45. The molecule has 11 heteroatoms. The summed E-state index contributed by atoms with van der Waals surface area (Å²) in [6, 6.07) is 5.87. The Morgan fingerprint density at radius 1 is 1.22 bits per heavy atom. The van der Waals surface area contributed by atoms with E-state index < -0.39 is 5.82 Å². The van der Waals surface area contributed by atoms with Gasteiger partial charge in [-0.25, -0.2) is 8.91 Å². The number of carbonyl (C=O) groups is 1. The molecule has 1 amide bonds. The summed E-state index contributed by atoms with van der Waals surface area (Å²) in [5.74, 6) is -0.296. The van der Waals surface area contributed by atoms with Crippen LogP contribution in [-0.2, 0) is 29.0 Å². The molecule has 0 unspecified atom stereocenters. The Hall–Kier alpha value is -3.49. The first-order valence-electron chi connectivity index (χ1n) is 12.4. The van der Waals surface area contributed by atoms with Gasteiger partial charge in [-0.05, 0) is 32.4 Å². The summed E-state index contributed by atoms with van der Waals surface area (Å²) in [5.41, 5.74) is 4.73. The van der Waals surface area contributed by atoms with Gasteiger partial charge >= 0.3 is 0 Å². The number of amides is 1. The molecule has 3 aromatic rings. The number of nitrogens with zero attached hydrogens (tertiary/aromatic N) is 8. The molecule has 188 valence electrons. The third-order valence-corrected chi connectivity index (χ3v) is 7.67. The number of pyridine rings is 1. The average molecular weight is 493 g/mol. The van der Waals surface area contributed by atoms with Crippen molar-refractivity contribution >= 4 is 17.1 Å². The van der Waals surface area contributed by atoms with Crippen molar-refractivity contribution in [1.29, 1.82) is 5.26 Å². The monoisotopic (exact) mass is 492 g/mol. The topological polar surface area (TPSA) is 94.9 Å². The third-order valence-electron chi connectivity index (χ3n) is 7.67. The Bertz CT molecular complexity index is 1370. The Balaban J connectivity index is 1.27. The van der Waals surface area contributed by atoms with Crippen LogP contribution in [0.4, 0.5) is 10.1 Å². The van der Waals surface area contributed by atoms with E-state index in [2.05, 4.69) is 39.5 Å². The van der Waals surface area contributed by atoms with Crippen LogP contribution in [0.15, 0.2) is 18.3 Å². The highest BCUT2D eigenvalue weighted by Gasteiger charge is 2.35. The van der Waals surface area contributed by atoms with Crippen molar-refractivity contribution in [3.8, 4) is 6.07 Å². The standard InChI is InChI=1S/C25H29FN8O2/c1-16-9-19-21(13-31(16)15-24(35)30-5-7-36-8-6-30)29-33-17(2)12-32(14-23(19)33)22-4-3-18(10-27)34-25(22)20(26)11-28-34/h3-4,11,16-17H,5-9,12-15H2,1-2H3/t16-,17+/m0/s1. The number of hydrogen-bond donors (Lipinski definition) is 0. The first-order chi connectivity index (χ1) is 17.4. The second kappa shape index (κ2) is 8.87. The molecule has 1 saturated heterocycles. The van der Waals surface area contributed by atoms with Gasteiger partial charge in [-0.15, -0.1) is 0 Å². The minimum Gasteiger partial charge on any atom is -0.378 e. The number of anilines is 1. The zero-order valence-electron chi connectivity index (χ0n) is 20.5. The van der Waals surface area contributed by atoms with Gasteiger partial charge in [0.25, 0.3) is 0 Å². The highest BCUT2D eigenvalue weighted by Crippen LogP contribution is 2.35. The fraction of sp³-hybridized carbons (Fsp3) is 0.520. The molecule has 0 bridgehead atoms. The molecule has 0 aliphatic carbocycles. The Morgan fingerprint density at radius 2 is 2.03 bits per heavy atom. The third kappa shape index (κ3) is 3.72. The molecule has 0 aromatic carbocycles.